The molecule has 1 heterocycles. The van der Waals surface area contributed by atoms with E-state index in [2.05, 4.69) is 23.2 Å². The molecule has 19 heavy (non-hydrogen) atoms. The zero-order chi connectivity index (χ0) is 13.3. The summed E-state index contributed by atoms with van der Waals surface area (Å²) in [5.74, 6) is 0.957. The van der Waals surface area contributed by atoms with Gasteiger partial charge in [0.25, 0.3) is 0 Å². The Balaban J connectivity index is 1.52. The number of hydrogen-bond donors (Lipinski definition) is 1. The fraction of sp³-hybridized carbons (Fsp3) is 0.938. The van der Waals surface area contributed by atoms with Crippen molar-refractivity contribution in [1.82, 2.24) is 10.2 Å². The second kappa shape index (κ2) is 5.42. The number of hydrogen-bond acceptors (Lipinski definition) is 3. The second-order valence-electron chi connectivity index (χ2n) is 7.05. The Kier molecular flexibility index (Phi) is 3.82. The predicted octanol–water partition coefficient (Wildman–Crippen LogP) is 2.68. The average molecular weight is 261 g/mol. The molecule has 3 rings (SSSR count). The zero-order valence-electron chi connectivity index (χ0n) is 12.2. The van der Waals surface area contributed by atoms with Crippen molar-refractivity contribution in [3.63, 3.8) is 0 Å². The standard InChI is InChI=1S/C16H27N3/c1-16(12-17,18-14-6-7-14)9-11-19-10-8-13-4-2-3-5-15(13)19/h13-15,18H,2-11H2,1H3. The van der Waals surface area contributed by atoms with Gasteiger partial charge in [-0.3, -0.25) is 10.2 Å². The maximum absolute atomic E-state index is 9.44. The molecule has 0 bridgehead atoms. The molecule has 3 heteroatoms. The van der Waals surface area contributed by atoms with E-state index in [4.69, 9.17) is 0 Å². The Morgan fingerprint density at radius 2 is 2.00 bits per heavy atom. The summed E-state index contributed by atoms with van der Waals surface area (Å²) in [6, 6.07) is 3.96. The van der Waals surface area contributed by atoms with Crippen molar-refractivity contribution >= 4 is 0 Å². The van der Waals surface area contributed by atoms with E-state index in [1.54, 1.807) is 0 Å². The van der Waals surface area contributed by atoms with E-state index in [-0.39, 0.29) is 5.54 Å². The summed E-state index contributed by atoms with van der Waals surface area (Å²) in [6.07, 6.45) is 10.6. The summed E-state index contributed by atoms with van der Waals surface area (Å²) >= 11 is 0. The maximum Gasteiger partial charge on any atom is 0.105 e. The molecular formula is C16H27N3. The van der Waals surface area contributed by atoms with Gasteiger partial charge in [-0.25, -0.2) is 0 Å². The van der Waals surface area contributed by atoms with Crippen molar-refractivity contribution in [1.29, 1.82) is 5.26 Å². The van der Waals surface area contributed by atoms with Crippen molar-refractivity contribution in [2.24, 2.45) is 5.92 Å². The van der Waals surface area contributed by atoms with E-state index in [1.807, 2.05) is 0 Å². The molecule has 0 radical (unpaired) electrons. The first-order valence-electron chi connectivity index (χ1n) is 8.13. The fourth-order valence-corrected chi connectivity index (χ4v) is 3.99. The smallest absolute Gasteiger partial charge is 0.105 e. The minimum absolute atomic E-state index is 0.312. The van der Waals surface area contributed by atoms with Gasteiger partial charge in [-0.2, -0.15) is 5.26 Å². The molecule has 3 fully saturated rings. The molecule has 3 nitrogen and oxygen atoms in total. The number of fused-ring (bicyclic) bond motifs is 1. The van der Waals surface area contributed by atoms with Crippen LogP contribution in [0, 0.1) is 17.2 Å². The first-order valence-corrected chi connectivity index (χ1v) is 8.13. The monoisotopic (exact) mass is 261 g/mol. The van der Waals surface area contributed by atoms with Crippen LogP contribution in [0.5, 0.6) is 0 Å². The maximum atomic E-state index is 9.44. The molecule has 2 saturated carbocycles. The lowest BCUT2D eigenvalue weighted by Gasteiger charge is -2.33. The SMILES string of the molecule is CC(C#N)(CCN1CCC2CCCCC21)NC1CC1. The summed E-state index contributed by atoms with van der Waals surface area (Å²) in [5, 5.41) is 13.0. The number of nitrogens with one attached hydrogen (secondary N) is 1. The number of nitrogens with zero attached hydrogens (tertiary/aromatic N) is 2. The molecule has 1 N–H and O–H groups in total. The van der Waals surface area contributed by atoms with Gasteiger partial charge in [-0.1, -0.05) is 12.8 Å². The van der Waals surface area contributed by atoms with Gasteiger partial charge in [-0.05, 0) is 57.9 Å². The molecule has 0 spiro atoms. The quantitative estimate of drug-likeness (QED) is 0.827. The molecule has 0 aromatic heterocycles. The minimum atomic E-state index is -0.312. The largest absolute Gasteiger partial charge is 0.300 e. The van der Waals surface area contributed by atoms with Gasteiger partial charge >= 0.3 is 0 Å². The fourth-order valence-electron chi connectivity index (χ4n) is 3.99. The van der Waals surface area contributed by atoms with Gasteiger partial charge in [0.2, 0.25) is 0 Å². The summed E-state index contributed by atoms with van der Waals surface area (Å²) in [4.78, 5) is 2.67. The number of rotatable bonds is 5. The third-order valence-electron chi connectivity index (χ3n) is 5.37. The summed E-state index contributed by atoms with van der Waals surface area (Å²) < 4.78 is 0. The Hall–Kier alpha value is -0.590. The Morgan fingerprint density at radius 3 is 2.74 bits per heavy atom. The van der Waals surface area contributed by atoms with Crippen molar-refractivity contribution in [3.05, 3.63) is 0 Å². The van der Waals surface area contributed by atoms with Crippen LogP contribution in [-0.2, 0) is 0 Å². The predicted molar refractivity (Wildman–Crippen MR) is 76.7 cm³/mol. The summed E-state index contributed by atoms with van der Waals surface area (Å²) in [5.41, 5.74) is -0.312. The highest BCUT2D eigenvalue weighted by molar-refractivity contribution is 5.07. The van der Waals surface area contributed by atoms with E-state index < -0.39 is 0 Å². The first-order chi connectivity index (χ1) is 9.20. The average Bonchev–Trinajstić information content (AvgIpc) is 3.14. The lowest BCUT2D eigenvalue weighted by Crippen LogP contribution is -2.46. The molecular weight excluding hydrogens is 234 g/mol. The van der Waals surface area contributed by atoms with Crippen LogP contribution in [0.15, 0.2) is 0 Å². The normalized spacial score (nSPS) is 34.5. The molecule has 3 unspecified atom stereocenters. The lowest BCUT2D eigenvalue weighted by atomic mass is 9.85. The summed E-state index contributed by atoms with van der Waals surface area (Å²) in [7, 11) is 0. The highest BCUT2D eigenvalue weighted by Crippen LogP contribution is 2.36. The van der Waals surface area contributed by atoms with E-state index in [1.165, 1.54) is 51.5 Å². The molecule has 106 valence electrons. The highest BCUT2D eigenvalue weighted by Gasteiger charge is 2.37. The molecule has 1 aliphatic heterocycles. The third kappa shape index (κ3) is 3.12. The zero-order valence-corrected chi connectivity index (χ0v) is 12.2. The molecule has 0 aromatic rings. The third-order valence-corrected chi connectivity index (χ3v) is 5.37. The van der Waals surface area contributed by atoms with Gasteiger partial charge < -0.3 is 0 Å². The lowest BCUT2D eigenvalue weighted by molar-refractivity contribution is 0.170. The van der Waals surface area contributed by atoms with Crippen LogP contribution in [0.25, 0.3) is 0 Å². The molecule has 1 saturated heterocycles. The van der Waals surface area contributed by atoms with Crippen molar-refractivity contribution in [2.75, 3.05) is 13.1 Å². The second-order valence-corrected chi connectivity index (χ2v) is 7.05. The Morgan fingerprint density at radius 1 is 1.21 bits per heavy atom. The molecule has 3 atom stereocenters. The van der Waals surface area contributed by atoms with E-state index in [0.29, 0.717) is 6.04 Å². The molecule has 0 aromatic carbocycles. The van der Waals surface area contributed by atoms with Crippen molar-refractivity contribution in [3.8, 4) is 6.07 Å². The molecule has 3 aliphatic rings. The van der Waals surface area contributed by atoms with Crippen LogP contribution in [-0.4, -0.2) is 35.6 Å². The summed E-state index contributed by atoms with van der Waals surface area (Å²) in [6.45, 7) is 4.45. The van der Waals surface area contributed by atoms with E-state index in [9.17, 15) is 5.26 Å². The van der Waals surface area contributed by atoms with Gasteiger partial charge in [0.15, 0.2) is 0 Å². The Labute approximate surface area is 117 Å². The van der Waals surface area contributed by atoms with Crippen LogP contribution < -0.4 is 5.32 Å². The minimum Gasteiger partial charge on any atom is -0.300 e. The first kappa shape index (κ1) is 13.4. The van der Waals surface area contributed by atoms with E-state index in [0.717, 1.165) is 24.9 Å². The van der Waals surface area contributed by atoms with Gasteiger partial charge in [-0.15, -0.1) is 0 Å². The van der Waals surface area contributed by atoms with Crippen LogP contribution in [0.3, 0.4) is 0 Å². The highest BCUT2D eigenvalue weighted by atomic mass is 15.2. The van der Waals surface area contributed by atoms with Crippen LogP contribution in [0.1, 0.15) is 58.3 Å². The van der Waals surface area contributed by atoms with E-state index >= 15 is 0 Å². The van der Waals surface area contributed by atoms with Crippen LogP contribution in [0.2, 0.25) is 0 Å². The Bertz CT molecular complexity index is 357. The van der Waals surface area contributed by atoms with Crippen molar-refractivity contribution < 1.29 is 0 Å². The van der Waals surface area contributed by atoms with Gasteiger partial charge in [0, 0.05) is 18.6 Å². The molecule has 0 amide bonds. The van der Waals surface area contributed by atoms with Crippen LogP contribution >= 0.6 is 0 Å². The van der Waals surface area contributed by atoms with Crippen LogP contribution in [0.4, 0.5) is 0 Å². The topological polar surface area (TPSA) is 39.1 Å². The van der Waals surface area contributed by atoms with Gasteiger partial charge in [0.1, 0.15) is 5.54 Å². The van der Waals surface area contributed by atoms with Gasteiger partial charge in [0.05, 0.1) is 6.07 Å². The number of nitriles is 1. The number of likely N-dealkylation sites (tertiary alicyclic amines) is 1. The molecule has 2 aliphatic carbocycles. The van der Waals surface area contributed by atoms with Crippen molar-refractivity contribution in [2.45, 2.75) is 75.9 Å².